The van der Waals surface area contributed by atoms with E-state index < -0.39 is 35.4 Å². The Morgan fingerprint density at radius 2 is 0.571 bits per heavy atom. The molecule has 6 nitrogen and oxygen atoms in total. The molecule has 1 spiro atoms. The van der Waals surface area contributed by atoms with Gasteiger partial charge < -0.3 is 27.4 Å². The molecule has 168 valence electrons. The van der Waals surface area contributed by atoms with E-state index in [0.29, 0.717) is 0 Å². The minimum Gasteiger partial charge on any atom is -0.561 e. The Morgan fingerprint density at radius 1 is 0.343 bits per heavy atom. The lowest BCUT2D eigenvalue weighted by Gasteiger charge is -2.54. The van der Waals surface area contributed by atoms with Gasteiger partial charge in [0.2, 0.25) is 0 Å². The van der Waals surface area contributed by atoms with Gasteiger partial charge in [0.05, 0.1) is 0 Å². The number of hydrogen-bond acceptors (Lipinski definition) is 6. The summed E-state index contributed by atoms with van der Waals surface area (Å²) in [6.07, 6.45) is 0. The van der Waals surface area contributed by atoms with E-state index in [1.54, 1.807) is 0 Å². The van der Waals surface area contributed by atoms with E-state index in [2.05, 4.69) is 0 Å². The summed E-state index contributed by atoms with van der Waals surface area (Å²) < 4.78 is 37.9. The van der Waals surface area contributed by atoms with Crippen molar-refractivity contribution in [3.8, 4) is 0 Å². The van der Waals surface area contributed by atoms with Gasteiger partial charge in [-0.2, -0.15) is 0 Å². The van der Waals surface area contributed by atoms with Gasteiger partial charge >= 0.3 is 35.4 Å². The van der Waals surface area contributed by atoms with Gasteiger partial charge in [-0.1, -0.05) is 121 Å². The molecule has 0 atom stereocenters. The Labute approximate surface area is 206 Å². The number of hydrogen-bond donors (Lipinski definition) is 0. The van der Waals surface area contributed by atoms with Crippen LogP contribution in [-0.2, 0) is 27.4 Å². The van der Waals surface area contributed by atoms with Crippen molar-refractivity contribution in [2.45, 2.75) is 0 Å². The highest BCUT2D eigenvalue weighted by Crippen LogP contribution is 2.26. The van der Waals surface area contributed by atoms with Crippen LogP contribution in [-0.4, -0.2) is 35.4 Å². The van der Waals surface area contributed by atoms with Crippen LogP contribution in [0.3, 0.4) is 0 Å². The molecule has 0 amide bonds. The van der Waals surface area contributed by atoms with Crippen molar-refractivity contribution in [3.05, 3.63) is 121 Å². The molecule has 0 N–H and O–H groups in total. The zero-order valence-corrected chi connectivity index (χ0v) is 18.9. The molecule has 2 saturated heterocycles. The standard InChI is InChI=1S/C24H20B5O6/c1-5-13-21(14-6-1)25-30-26(22-15-7-2-8-16-22)33-29(32-25)34-27(23-17-9-3-10-18-23)31-28(35-29)24-19-11-4-12-20-24/h1-20H/q-1. The van der Waals surface area contributed by atoms with Crippen LogP contribution in [0.5, 0.6) is 0 Å². The fraction of sp³-hybridized carbons (Fsp3) is 0. The molecular formula is C24H20B5O6-. The SMILES string of the molecule is c1ccc(B2OB(c3ccccc3)O[B-]3(O2)OB(c2ccccc2)OB(c2ccccc2)O3)cc1. The molecule has 0 aromatic heterocycles. The Hall–Kier alpha value is -3.04. The third-order valence-electron chi connectivity index (χ3n) is 5.94. The molecule has 4 aromatic rings. The average Bonchev–Trinajstić information content (AvgIpc) is 2.94. The Kier molecular flexibility index (Phi) is 6.35. The van der Waals surface area contributed by atoms with Crippen LogP contribution in [0.4, 0.5) is 0 Å². The largest absolute Gasteiger partial charge is 0.561 e. The van der Waals surface area contributed by atoms with Crippen LogP contribution >= 0.6 is 0 Å². The first-order chi connectivity index (χ1) is 17.3. The molecule has 2 fully saturated rings. The van der Waals surface area contributed by atoms with Gasteiger partial charge in [0, 0.05) is 0 Å². The highest BCUT2D eigenvalue weighted by Gasteiger charge is 2.53. The second-order valence-electron chi connectivity index (χ2n) is 8.36. The summed E-state index contributed by atoms with van der Waals surface area (Å²) in [5.41, 5.74) is 3.29. The maximum absolute atomic E-state index is 6.35. The molecule has 2 aliphatic rings. The summed E-state index contributed by atoms with van der Waals surface area (Å²) in [7, 11) is -3.11. The Balaban J connectivity index is 1.41. The molecule has 6 rings (SSSR count). The molecule has 0 saturated carbocycles. The highest BCUT2D eigenvalue weighted by molar-refractivity contribution is 6.93. The van der Waals surface area contributed by atoms with Gasteiger partial charge in [-0.25, -0.2) is 0 Å². The van der Waals surface area contributed by atoms with E-state index in [4.69, 9.17) is 27.4 Å². The van der Waals surface area contributed by atoms with Crippen molar-refractivity contribution >= 4 is 57.3 Å². The van der Waals surface area contributed by atoms with Gasteiger partial charge in [0.25, 0.3) is 0 Å². The predicted molar refractivity (Wildman–Crippen MR) is 140 cm³/mol. The van der Waals surface area contributed by atoms with E-state index in [0.717, 1.165) is 21.9 Å². The van der Waals surface area contributed by atoms with Gasteiger partial charge in [0.1, 0.15) is 0 Å². The molecule has 0 aliphatic carbocycles. The van der Waals surface area contributed by atoms with Crippen molar-refractivity contribution in [3.63, 3.8) is 0 Å². The third-order valence-corrected chi connectivity index (χ3v) is 5.94. The van der Waals surface area contributed by atoms with E-state index >= 15 is 0 Å². The zero-order valence-electron chi connectivity index (χ0n) is 18.9. The minimum atomic E-state index is -2.75. The Bertz CT molecular complexity index is 1040. The summed E-state index contributed by atoms with van der Waals surface area (Å²) in [6, 6.07) is 38.7. The topological polar surface area (TPSA) is 55.4 Å². The molecule has 2 heterocycles. The molecule has 35 heavy (non-hydrogen) atoms. The van der Waals surface area contributed by atoms with Crippen molar-refractivity contribution in [1.29, 1.82) is 0 Å². The van der Waals surface area contributed by atoms with Crippen molar-refractivity contribution in [2.24, 2.45) is 0 Å². The van der Waals surface area contributed by atoms with Crippen LogP contribution in [0.1, 0.15) is 0 Å². The lowest BCUT2D eigenvalue weighted by Crippen LogP contribution is -2.74. The van der Waals surface area contributed by atoms with E-state index in [-0.39, 0.29) is 0 Å². The minimum absolute atomic E-state index is 0.777. The number of benzene rings is 4. The van der Waals surface area contributed by atoms with Crippen LogP contribution in [0.15, 0.2) is 121 Å². The summed E-state index contributed by atoms with van der Waals surface area (Å²) in [5.74, 6) is 0. The molecule has 0 unspecified atom stereocenters. The third kappa shape index (κ3) is 4.88. The second-order valence-corrected chi connectivity index (χ2v) is 8.36. The maximum atomic E-state index is 6.35. The smallest absolute Gasteiger partial charge is 0.481 e. The van der Waals surface area contributed by atoms with Gasteiger partial charge in [-0.05, 0) is 21.9 Å². The summed E-state index contributed by atoms with van der Waals surface area (Å²) in [4.78, 5) is 0. The number of rotatable bonds is 4. The van der Waals surface area contributed by atoms with Crippen LogP contribution in [0, 0.1) is 0 Å². The van der Waals surface area contributed by atoms with E-state index in [9.17, 15) is 0 Å². The predicted octanol–water partition coefficient (Wildman–Crippen LogP) is 1.13. The first-order valence-corrected chi connectivity index (χ1v) is 11.6. The van der Waals surface area contributed by atoms with Gasteiger partial charge in [-0.3, -0.25) is 0 Å². The molecular weight excluding hydrogens is 438 g/mol. The van der Waals surface area contributed by atoms with Crippen molar-refractivity contribution in [1.82, 2.24) is 0 Å². The first kappa shape index (κ1) is 22.4. The molecule has 0 radical (unpaired) electrons. The molecule has 11 heteroatoms. The quantitative estimate of drug-likeness (QED) is 0.428. The molecule has 4 aromatic carbocycles. The van der Waals surface area contributed by atoms with Crippen molar-refractivity contribution < 1.29 is 27.4 Å². The average molecular weight is 458 g/mol. The fourth-order valence-corrected chi connectivity index (χ4v) is 4.22. The van der Waals surface area contributed by atoms with Gasteiger partial charge in [-0.15, -0.1) is 0 Å². The second kappa shape index (κ2) is 9.91. The molecule has 0 bridgehead atoms. The summed E-state index contributed by atoms with van der Waals surface area (Å²) in [5, 5.41) is 0. The normalized spacial score (nSPS) is 17.6. The summed E-state index contributed by atoms with van der Waals surface area (Å²) >= 11 is 0. The van der Waals surface area contributed by atoms with Crippen LogP contribution in [0.2, 0.25) is 0 Å². The Morgan fingerprint density at radius 3 is 0.800 bits per heavy atom. The van der Waals surface area contributed by atoms with Crippen LogP contribution < -0.4 is 21.9 Å². The van der Waals surface area contributed by atoms with E-state index in [1.807, 2.05) is 121 Å². The maximum Gasteiger partial charge on any atom is 0.481 e. The van der Waals surface area contributed by atoms with Crippen molar-refractivity contribution in [2.75, 3.05) is 0 Å². The first-order valence-electron chi connectivity index (χ1n) is 11.6. The summed E-state index contributed by atoms with van der Waals surface area (Å²) in [6.45, 7) is -2.75. The fourth-order valence-electron chi connectivity index (χ4n) is 4.22. The van der Waals surface area contributed by atoms with Crippen LogP contribution in [0.25, 0.3) is 0 Å². The lowest BCUT2D eigenvalue weighted by atomic mass is 9.61. The highest BCUT2D eigenvalue weighted by atomic mass is 16.9. The zero-order chi connectivity index (χ0) is 23.5. The monoisotopic (exact) mass is 459 g/mol. The lowest BCUT2D eigenvalue weighted by molar-refractivity contribution is 0.0871. The van der Waals surface area contributed by atoms with E-state index in [1.165, 1.54) is 0 Å². The molecule has 2 aliphatic heterocycles. The van der Waals surface area contributed by atoms with Gasteiger partial charge in [0.15, 0.2) is 0 Å².